The molecule has 0 fully saturated rings. The first-order valence-electron chi connectivity index (χ1n) is 5.53. The summed E-state index contributed by atoms with van der Waals surface area (Å²) in [7, 11) is 0. The van der Waals surface area contributed by atoms with E-state index in [-0.39, 0.29) is 11.9 Å². The Morgan fingerprint density at radius 1 is 1.17 bits per heavy atom. The van der Waals surface area contributed by atoms with Gasteiger partial charge in [-0.05, 0) is 52.7 Å². The van der Waals surface area contributed by atoms with Gasteiger partial charge in [-0.15, -0.1) is 0 Å². The van der Waals surface area contributed by atoms with Crippen LogP contribution in [0.4, 0.5) is 10.1 Å². The molecule has 4 heteroatoms. The fourth-order valence-electron chi connectivity index (χ4n) is 1.59. The van der Waals surface area contributed by atoms with Crippen molar-refractivity contribution in [3.63, 3.8) is 0 Å². The third-order valence-corrected chi connectivity index (χ3v) is 3.26. The van der Waals surface area contributed by atoms with Crippen LogP contribution in [-0.2, 0) is 0 Å². The normalized spacial score (nSPS) is 12.2. The Balaban J connectivity index is 2.18. The molecule has 0 aliphatic rings. The van der Waals surface area contributed by atoms with Crippen molar-refractivity contribution in [3.05, 3.63) is 58.3 Å². The molecule has 0 heterocycles. The molecule has 0 saturated carbocycles. The number of halogens is 2. The minimum atomic E-state index is -0.322. The number of anilines is 1. The first-order chi connectivity index (χ1) is 8.56. The average Bonchev–Trinajstić information content (AvgIpc) is 2.34. The van der Waals surface area contributed by atoms with E-state index in [2.05, 4.69) is 15.9 Å². The van der Waals surface area contributed by atoms with Crippen LogP contribution in [0.5, 0.6) is 5.75 Å². The molecular formula is C14H13BrFNO. The van der Waals surface area contributed by atoms with Gasteiger partial charge in [-0.25, -0.2) is 4.39 Å². The number of nitrogen functional groups attached to an aromatic ring is 1. The Labute approximate surface area is 114 Å². The molecule has 0 amide bonds. The van der Waals surface area contributed by atoms with Crippen molar-refractivity contribution in [1.82, 2.24) is 0 Å². The molecule has 1 atom stereocenters. The summed E-state index contributed by atoms with van der Waals surface area (Å²) < 4.78 is 19.6. The van der Waals surface area contributed by atoms with Gasteiger partial charge in [0.15, 0.2) is 0 Å². The highest BCUT2D eigenvalue weighted by atomic mass is 79.9. The van der Waals surface area contributed by atoms with Crippen LogP contribution >= 0.6 is 15.9 Å². The number of nitrogens with two attached hydrogens (primary N) is 1. The molecule has 18 heavy (non-hydrogen) atoms. The molecule has 0 aliphatic heterocycles. The number of benzene rings is 2. The highest BCUT2D eigenvalue weighted by Gasteiger charge is 2.10. The van der Waals surface area contributed by atoms with Gasteiger partial charge >= 0.3 is 0 Å². The predicted molar refractivity (Wildman–Crippen MR) is 74.0 cm³/mol. The number of hydrogen-bond donors (Lipinski definition) is 1. The van der Waals surface area contributed by atoms with Gasteiger partial charge in [0, 0.05) is 11.8 Å². The summed E-state index contributed by atoms with van der Waals surface area (Å²) in [6, 6.07) is 11.8. The van der Waals surface area contributed by atoms with E-state index in [4.69, 9.17) is 10.5 Å². The van der Waals surface area contributed by atoms with Crippen LogP contribution in [0.1, 0.15) is 18.6 Å². The maximum absolute atomic E-state index is 13.1. The molecule has 2 aromatic carbocycles. The molecule has 0 aliphatic carbocycles. The molecule has 0 spiro atoms. The minimum absolute atomic E-state index is 0.177. The fourth-order valence-corrected chi connectivity index (χ4v) is 1.93. The fraction of sp³-hybridized carbons (Fsp3) is 0.143. The van der Waals surface area contributed by atoms with Crippen molar-refractivity contribution >= 4 is 21.6 Å². The zero-order chi connectivity index (χ0) is 13.1. The Bertz CT molecular complexity index is 542. The Kier molecular flexibility index (Phi) is 3.87. The lowest BCUT2D eigenvalue weighted by Crippen LogP contribution is -2.04. The minimum Gasteiger partial charge on any atom is -0.485 e. The summed E-state index contributed by atoms with van der Waals surface area (Å²) in [6.45, 7) is 1.91. The first-order valence-corrected chi connectivity index (χ1v) is 6.32. The lowest BCUT2D eigenvalue weighted by Gasteiger charge is -2.16. The van der Waals surface area contributed by atoms with Gasteiger partial charge in [0.1, 0.15) is 17.7 Å². The Morgan fingerprint density at radius 2 is 1.83 bits per heavy atom. The van der Waals surface area contributed by atoms with Crippen molar-refractivity contribution in [3.8, 4) is 5.75 Å². The van der Waals surface area contributed by atoms with Crippen LogP contribution in [0.15, 0.2) is 46.9 Å². The number of hydrogen-bond acceptors (Lipinski definition) is 2. The molecule has 2 rings (SSSR count). The topological polar surface area (TPSA) is 35.2 Å². The molecular weight excluding hydrogens is 297 g/mol. The molecule has 94 valence electrons. The summed E-state index contributed by atoms with van der Waals surface area (Å²) in [5, 5.41) is 0. The highest BCUT2D eigenvalue weighted by molar-refractivity contribution is 9.10. The van der Waals surface area contributed by atoms with Crippen molar-refractivity contribution in [2.24, 2.45) is 0 Å². The van der Waals surface area contributed by atoms with E-state index >= 15 is 0 Å². The lowest BCUT2D eigenvalue weighted by atomic mass is 10.1. The van der Waals surface area contributed by atoms with Crippen LogP contribution < -0.4 is 10.5 Å². The zero-order valence-corrected chi connectivity index (χ0v) is 11.4. The quantitative estimate of drug-likeness (QED) is 0.857. The molecule has 1 unspecified atom stereocenters. The second kappa shape index (κ2) is 5.40. The van der Waals surface area contributed by atoms with E-state index in [1.165, 1.54) is 12.1 Å². The SMILES string of the molecule is CC(Oc1cc(F)ccc1Br)c1ccc(N)cc1. The van der Waals surface area contributed by atoms with E-state index in [1.807, 2.05) is 31.2 Å². The van der Waals surface area contributed by atoms with Crippen LogP contribution in [0, 0.1) is 5.82 Å². The average molecular weight is 310 g/mol. The molecule has 2 N–H and O–H groups in total. The van der Waals surface area contributed by atoms with Crippen LogP contribution in [-0.4, -0.2) is 0 Å². The van der Waals surface area contributed by atoms with Gasteiger partial charge in [-0.1, -0.05) is 12.1 Å². The summed E-state index contributed by atoms with van der Waals surface area (Å²) in [5.41, 5.74) is 7.32. The molecule has 0 bridgehead atoms. The van der Waals surface area contributed by atoms with Crippen LogP contribution in [0.3, 0.4) is 0 Å². The Hall–Kier alpha value is -1.55. The van der Waals surface area contributed by atoms with Crippen molar-refractivity contribution in [2.75, 3.05) is 5.73 Å². The summed E-state index contributed by atoms with van der Waals surface area (Å²) in [6.07, 6.45) is -0.177. The molecule has 0 saturated heterocycles. The second-order valence-electron chi connectivity index (χ2n) is 4.00. The van der Waals surface area contributed by atoms with E-state index in [1.54, 1.807) is 6.07 Å². The lowest BCUT2D eigenvalue weighted by molar-refractivity contribution is 0.224. The maximum Gasteiger partial charge on any atom is 0.137 e. The van der Waals surface area contributed by atoms with Gasteiger partial charge in [0.25, 0.3) is 0 Å². The van der Waals surface area contributed by atoms with Crippen molar-refractivity contribution in [2.45, 2.75) is 13.0 Å². The van der Waals surface area contributed by atoms with E-state index < -0.39 is 0 Å². The zero-order valence-electron chi connectivity index (χ0n) is 9.86. The van der Waals surface area contributed by atoms with Gasteiger partial charge < -0.3 is 10.5 Å². The summed E-state index contributed by atoms with van der Waals surface area (Å²) in [4.78, 5) is 0. The van der Waals surface area contributed by atoms with Gasteiger partial charge in [-0.3, -0.25) is 0 Å². The summed E-state index contributed by atoms with van der Waals surface area (Å²) in [5.74, 6) is 0.164. The first kappa shape index (κ1) is 12.9. The molecule has 0 radical (unpaired) electrons. The van der Waals surface area contributed by atoms with Crippen LogP contribution in [0.25, 0.3) is 0 Å². The van der Waals surface area contributed by atoms with E-state index in [0.29, 0.717) is 11.4 Å². The molecule has 0 aromatic heterocycles. The third-order valence-electron chi connectivity index (χ3n) is 2.60. The monoisotopic (exact) mass is 309 g/mol. The van der Waals surface area contributed by atoms with Crippen molar-refractivity contribution < 1.29 is 9.13 Å². The predicted octanol–water partition coefficient (Wildman–Crippen LogP) is 4.31. The molecule has 2 aromatic rings. The van der Waals surface area contributed by atoms with E-state index in [0.717, 1.165) is 10.0 Å². The standard InChI is InChI=1S/C14H13BrFNO/c1-9(10-2-5-12(17)6-3-10)18-14-8-11(16)4-7-13(14)15/h2-9H,17H2,1H3. The highest BCUT2D eigenvalue weighted by Crippen LogP contribution is 2.30. The molecule has 2 nitrogen and oxygen atoms in total. The van der Waals surface area contributed by atoms with Crippen molar-refractivity contribution in [1.29, 1.82) is 0 Å². The number of ether oxygens (including phenoxy) is 1. The smallest absolute Gasteiger partial charge is 0.137 e. The third kappa shape index (κ3) is 3.01. The Morgan fingerprint density at radius 3 is 2.50 bits per heavy atom. The van der Waals surface area contributed by atoms with Gasteiger partial charge in [0.05, 0.1) is 4.47 Å². The largest absolute Gasteiger partial charge is 0.485 e. The summed E-state index contributed by atoms with van der Waals surface area (Å²) >= 11 is 3.33. The van der Waals surface area contributed by atoms with Crippen LogP contribution in [0.2, 0.25) is 0 Å². The van der Waals surface area contributed by atoms with E-state index in [9.17, 15) is 4.39 Å². The number of rotatable bonds is 3. The maximum atomic E-state index is 13.1. The van der Waals surface area contributed by atoms with Gasteiger partial charge in [0.2, 0.25) is 0 Å². The van der Waals surface area contributed by atoms with Gasteiger partial charge in [-0.2, -0.15) is 0 Å². The second-order valence-corrected chi connectivity index (χ2v) is 4.86.